The van der Waals surface area contributed by atoms with Crippen LogP contribution < -0.4 is 5.32 Å². The smallest absolute Gasteiger partial charge is 0.115 e. The summed E-state index contributed by atoms with van der Waals surface area (Å²) < 4.78 is 0. The molecule has 1 aliphatic carbocycles. The number of benzene rings is 1. The van der Waals surface area contributed by atoms with Crippen molar-refractivity contribution in [1.82, 2.24) is 15.3 Å². The molecule has 1 saturated carbocycles. The molecule has 91 valence electrons. The second-order valence-electron chi connectivity index (χ2n) is 4.70. The fourth-order valence-corrected chi connectivity index (χ4v) is 2.19. The first kappa shape index (κ1) is 11.4. The Bertz CT molecular complexity index is 506. The zero-order valence-electron chi connectivity index (χ0n) is 10.3. The lowest BCUT2D eigenvalue weighted by Gasteiger charge is -2.27. The normalized spacial score (nSPS) is 15.3. The molecule has 0 saturated heterocycles. The van der Waals surface area contributed by atoms with Crippen LogP contribution in [-0.2, 0) is 6.54 Å². The number of rotatable bonds is 4. The van der Waals surface area contributed by atoms with Crippen LogP contribution in [0, 0.1) is 6.07 Å². The summed E-state index contributed by atoms with van der Waals surface area (Å²) in [6.07, 6.45) is 9.22. The molecule has 1 aliphatic rings. The number of nitrogens with one attached hydrogen (secondary N) is 1. The molecular formula is C15H16N3. The third kappa shape index (κ3) is 2.41. The molecular weight excluding hydrogens is 222 g/mol. The van der Waals surface area contributed by atoms with Crippen LogP contribution in [0.5, 0.6) is 0 Å². The van der Waals surface area contributed by atoms with E-state index in [4.69, 9.17) is 0 Å². The molecule has 0 spiro atoms. The molecule has 0 bridgehead atoms. The molecule has 3 heteroatoms. The van der Waals surface area contributed by atoms with Crippen LogP contribution in [0.2, 0.25) is 0 Å². The molecule has 1 aromatic heterocycles. The summed E-state index contributed by atoms with van der Waals surface area (Å²) in [6.45, 7) is 0.871. The van der Waals surface area contributed by atoms with Crippen molar-refractivity contribution >= 4 is 0 Å². The second-order valence-corrected chi connectivity index (χ2v) is 4.70. The van der Waals surface area contributed by atoms with Crippen molar-refractivity contribution in [2.24, 2.45) is 0 Å². The first-order chi connectivity index (χ1) is 8.93. The molecule has 1 radical (unpaired) electrons. The minimum Gasteiger partial charge on any atom is -0.310 e. The third-order valence-corrected chi connectivity index (χ3v) is 3.49. The van der Waals surface area contributed by atoms with Gasteiger partial charge in [0.05, 0.1) is 0 Å². The molecule has 1 N–H and O–H groups in total. The molecule has 0 atom stereocenters. The fourth-order valence-electron chi connectivity index (χ4n) is 2.19. The molecule has 3 nitrogen and oxygen atoms in total. The molecule has 0 amide bonds. The van der Waals surface area contributed by atoms with Gasteiger partial charge in [-0.1, -0.05) is 24.6 Å². The number of hydrogen-bond acceptors (Lipinski definition) is 3. The average Bonchev–Trinajstić information content (AvgIpc) is 2.39. The van der Waals surface area contributed by atoms with Gasteiger partial charge in [0, 0.05) is 30.5 Å². The highest BCUT2D eigenvalue weighted by Crippen LogP contribution is 2.23. The summed E-state index contributed by atoms with van der Waals surface area (Å²) >= 11 is 0. The predicted octanol–water partition coefficient (Wildman–Crippen LogP) is 2.59. The average molecular weight is 238 g/mol. The number of nitrogens with zero attached hydrogens (tertiary/aromatic N) is 2. The SMILES string of the molecule is [c]1cccc(-c2cncnc2)c1CNC1CCC1. The first-order valence-electron chi connectivity index (χ1n) is 6.42. The monoisotopic (exact) mass is 238 g/mol. The van der Waals surface area contributed by atoms with Gasteiger partial charge in [-0.25, -0.2) is 9.97 Å². The van der Waals surface area contributed by atoms with Crippen molar-refractivity contribution in [3.63, 3.8) is 0 Å². The van der Waals surface area contributed by atoms with Crippen LogP contribution in [0.3, 0.4) is 0 Å². The maximum absolute atomic E-state index is 4.08. The molecule has 1 heterocycles. The van der Waals surface area contributed by atoms with E-state index in [1.807, 2.05) is 24.5 Å². The highest BCUT2D eigenvalue weighted by Gasteiger charge is 2.16. The molecule has 0 unspecified atom stereocenters. The Labute approximate surface area is 107 Å². The summed E-state index contributed by atoms with van der Waals surface area (Å²) in [4.78, 5) is 8.16. The van der Waals surface area contributed by atoms with Gasteiger partial charge < -0.3 is 5.32 Å². The van der Waals surface area contributed by atoms with Crippen LogP contribution in [0.15, 0.2) is 36.9 Å². The highest BCUT2D eigenvalue weighted by atomic mass is 14.9. The van der Waals surface area contributed by atoms with E-state index < -0.39 is 0 Å². The summed E-state index contributed by atoms with van der Waals surface area (Å²) in [5.41, 5.74) is 3.42. The van der Waals surface area contributed by atoms with E-state index in [1.165, 1.54) is 30.4 Å². The van der Waals surface area contributed by atoms with Crippen LogP contribution in [0.25, 0.3) is 11.1 Å². The molecule has 1 fully saturated rings. The van der Waals surface area contributed by atoms with Crippen LogP contribution >= 0.6 is 0 Å². The third-order valence-electron chi connectivity index (χ3n) is 3.49. The van der Waals surface area contributed by atoms with E-state index in [1.54, 1.807) is 6.33 Å². The van der Waals surface area contributed by atoms with E-state index in [9.17, 15) is 0 Å². The zero-order valence-corrected chi connectivity index (χ0v) is 10.3. The maximum Gasteiger partial charge on any atom is 0.115 e. The Morgan fingerprint density at radius 2 is 2.11 bits per heavy atom. The Morgan fingerprint density at radius 3 is 2.83 bits per heavy atom. The first-order valence-corrected chi connectivity index (χ1v) is 6.42. The molecule has 3 rings (SSSR count). The van der Waals surface area contributed by atoms with E-state index in [0.717, 1.165) is 12.1 Å². The van der Waals surface area contributed by atoms with Gasteiger partial charge in [-0.15, -0.1) is 0 Å². The van der Waals surface area contributed by atoms with Gasteiger partial charge in [0.25, 0.3) is 0 Å². The zero-order chi connectivity index (χ0) is 12.2. The van der Waals surface area contributed by atoms with Gasteiger partial charge in [0.2, 0.25) is 0 Å². The standard InChI is InChI=1S/C15H16N3/c1-2-7-15(13-8-16-11-17-9-13)12(4-1)10-18-14-5-3-6-14/h1-2,7-9,11,14,18H,3,5-6,10H2. The van der Waals surface area contributed by atoms with Crippen molar-refractivity contribution in [3.05, 3.63) is 48.5 Å². The Morgan fingerprint density at radius 1 is 1.28 bits per heavy atom. The Balaban J connectivity index is 1.80. The van der Waals surface area contributed by atoms with Crippen LogP contribution in [0.4, 0.5) is 0 Å². The van der Waals surface area contributed by atoms with Crippen molar-refractivity contribution in [2.45, 2.75) is 31.8 Å². The summed E-state index contributed by atoms with van der Waals surface area (Å²) in [5.74, 6) is 0. The van der Waals surface area contributed by atoms with Crippen molar-refractivity contribution in [2.75, 3.05) is 0 Å². The topological polar surface area (TPSA) is 37.8 Å². The van der Waals surface area contributed by atoms with Crippen molar-refractivity contribution < 1.29 is 0 Å². The summed E-state index contributed by atoms with van der Waals surface area (Å²) in [5, 5.41) is 3.57. The molecule has 2 aromatic rings. The predicted molar refractivity (Wildman–Crippen MR) is 70.8 cm³/mol. The fraction of sp³-hybridized carbons (Fsp3) is 0.333. The number of hydrogen-bond donors (Lipinski definition) is 1. The van der Waals surface area contributed by atoms with E-state index in [2.05, 4.69) is 27.4 Å². The lowest BCUT2D eigenvalue weighted by molar-refractivity contribution is 0.338. The minimum absolute atomic E-state index is 0.693. The van der Waals surface area contributed by atoms with Gasteiger partial charge >= 0.3 is 0 Å². The van der Waals surface area contributed by atoms with E-state index in [-0.39, 0.29) is 0 Å². The molecule has 0 aliphatic heterocycles. The second kappa shape index (κ2) is 5.27. The summed E-state index contributed by atoms with van der Waals surface area (Å²) in [7, 11) is 0. The van der Waals surface area contributed by atoms with Crippen molar-refractivity contribution in [1.29, 1.82) is 0 Å². The van der Waals surface area contributed by atoms with E-state index >= 15 is 0 Å². The van der Waals surface area contributed by atoms with Crippen LogP contribution in [0.1, 0.15) is 24.8 Å². The summed E-state index contributed by atoms with van der Waals surface area (Å²) in [6, 6.07) is 10.1. The number of aromatic nitrogens is 2. The van der Waals surface area contributed by atoms with Gasteiger partial charge in [-0.2, -0.15) is 0 Å². The molecule has 1 aromatic carbocycles. The largest absolute Gasteiger partial charge is 0.310 e. The van der Waals surface area contributed by atoms with Crippen LogP contribution in [-0.4, -0.2) is 16.0 Å². The lowest BCUT2D eigenvalue weighted by Crippen LogP contribution is -2.34. The quantitative estimate of drug-likeness (QED) is 0.889. The van der Waals surface area contributed by atoms with Gasteiger partial charge in [0.1, 0.15) is 6.33 Å². The van der Waals surface area contributed by atoms with Gasteiger partial charge in [0.15, 0.2) is 0 Å². The molecule has 18 heavy (non-hydrogen) atoms. The lowest BCUT2D eigenvalue weighted by atomic mass is 9.92. The maximum atomic E-state index is 4.08. The minimum atomic E-state index is 0.693. The highest BCUT2D eigenvalue weighted by molar-refractivity contribution is 5.65. The van der Waals surface area contributed by atoms with Crippen molar-refractivity contribution in [3.8, 4) is 11.1 Å². The Hall–Kier alpha value is -1.74. The Kier molecular flexibility index (Phi) is 3.33. The van der Waals surface area contributed by atoms with Gasteiger partial charge in [-0.05, 0) is 30.0 Å². The van der Waals surface area contributed by atoms with E-state index in [0.29, 0.717) is 6.04 Å². The van der Waals surface area contributed by atoms with Gasteiger partial charge in [-0.3, -0.25) is 0 Å².